The normalized spacial score (nSPS) is 26.9. The lowest BCUT2D eigenvalue weighted by Gasteiger charge is -2.37. The van der Waals surface area contributed by atoms with Gasteiger partial charge in [0.15, 0.2) is 0 Å². The van der Waals surface area contributed by atoms with E-state index < -0.39 is 10.9 Å². The molecule has 0 amide bonds. The number of hydrogen-bond donors (Lipinski definition) is 0. The van der Waals surface area contributed by atoms with E-state index in [2.05, 4.69) is 6.92 Å². The summed E-state index contributed by atoms with van der Waals surface area (Å²) in [5.74, 6) is 2.14. The SMILES string of the molecule is CCCCCC1CCC(C2CCC(OC(=O)c3cc(C)cc([N+](=O)[O-])c3)CC2)CC1. The van der Waals surface area contributed by atoms with E-state index in [1.54, 1.807) is 13.0 Å². The van der Waals surface area contributed by atoms with Crippen molar-refractivity contribution < 1.29 is 14.5 Å². The number of nitro benzene ring substituents is 1. The van der Waals surface area contributed by atoms with Crippen LogP contribution < -0.4 is 0 Å². The van der Waals surface area contributed by atoms with E-state index in [4.69, 9.17) is 4.74 Å². The third-order valence-corrected chi connectivity index (χ3v) is 7.28. The van der Waals surface area contributed by atoms with Crippen LogP contribution >= 0.6 is 0 Å². The molecule has 0 N–H and O–H groups in total. The summed E-state index contributed by atoms with van der Waals surface area (Å²) in [6.45, 7) is 4.03. The van der Waals surface area contributed by atoms with Crippen molar-refractivity contribution in [2.45, 2.75) is 97.0 Å². The van der Waals surface area contributed by atoms with Gasteiger partial charge in [0, 0.05) is 12.1 Å². The molecule has 0 saturated heterocycles. The van der Waals surface area contributed by atoms with E-state index >= 15 is 0 Å². The first-order valence-corrected chi connectivity index (χ1v) is 11.9. The standard InChI is InChI=1S/C25H37NO4/c1-3-4-5-6-19-7-9-20(10-8-19)21-11-13-24(14-12-21)30-25(27)22-15-18(2)16-23(17-22)26(28)29/h15-17,19-21,24H,3-14H2,1-2H3. The highest BCUT2D eigenvalue weighted by Crippen LogP contribution is 2.41. The van der Waals surface area contributed by atoms with Gasteiger partial charge in [0.1, 0.15) is 6.10 Å². The Morgan fingerprint density at radius 1 is 1.00 bits per heavy atom. The Labute approximate surface area is 180 Å². The van der Waals surface area contributed by atoms with Crippen LogP contribution in [0.25, 0.3) is 0 Å². The minimum Gasteiger partial charge on any atom is -0.459 e. The van der Waals surface area contributed by atoms with Gasteiger partial charge in [0.05, 0.1) is 10.5 Å². The highest BCUT2D eigenvalue weighted by atomic mass is 16.6. The maximum absolute atomic E-state index is 12.5. The number of rotatable bonds is 8. The molecule has 166 valence electrons. The van der Waals surface area contributed by atoms with Crippen LogP contribution in [-0.4, -0.2) is 17.0 Å². The average Bonchev–Trinajstić information content (AvgIpc) is 2.74. The van der Waals surface area contributed by atoms with Gasteiger partial charge in [0.2, 0.25) is 0 Å². The number of benzene rings is 1. The molecule has 0 atom stereocenters. The summed E-state index contributed by atoms with van der Waals surface area (Å²) in [6.07, 6.45) is 15.1. The van der Waals surface area contributed by atoms with Crippen LogP contribution in [0.3, 0.4) is 0 Å². The Bertz CT molecular complexity index is 716. The molecule has 0 heterocycles. The smallest absolute Gasteiger partial charge is 0.338 e. The second-order valence-corrected chi connectivity index (χ2v) is 9.53. The molecule has 0 aromatic heterocycles. The van der Waals surface area contributed by atoms with Crippen molar-refractivity contribution in [1.82, 2.24) is 0 Å². The summed E-state index contributed by atoms with van der Waals surface area (Å²) in [5, 5.41) is 11.0. The Balaban J connectivity index is 1.43. The van der Waals surface area contributed by atoms with Crippen molar-refractivity contribution in [2.75, 3.05) is 0 Å². The fourth-order valence-corrected chi connectivity index (χ4v) is 5.51. The number of non-ortho nitro benzene ring substituents is 1. The van der Waals surface area contributed by atoms with E-state index in [9.17, 15) is 14.9 Å². The average molecular weight is 416 g/mol. The van der Waals surface area contributed by atoms with Crippen molar-refractivity contribution in [3.63, 3.8) is 0 Å². The maximum Gasteiger partial charge on any atom is 0.338 e. The number of nitrogens with zero attached hydrogens (tertiary/aromatic N) is 1. The molecule has 5 heteroatoms. The zero-order valence-corrected chi connectivity index (χ0v) is 18.6. The van der Waals surface area contributed by atoms with Gasteiger partial charge in [-0.15, -0.1) is 0 Å². The molecule has 2 aliphatic carbocycles. The summed E-state index contributed by atoms with van der Waals surface area (Å²) in [7, 11) is 0. The first-order valence-electron chi connectivity index (χ1n) is 11.9. The Kier molecular flexibility index (Phi) is 8.29. The van der Waals surface area contributed by atoms with E-state index in [-0.39, 0.29) is 17.4 Å². The minimum atomic E-state index is -0.465. The number of esters is 1. The number of carbonyl (C=O) groups excluding carboxylic acids is 1. The zero-order valence-electron chi connectivity index (χ0n) is 18.6. The second-order valence-electron chi connectivity index (χ2n) is 9.53. The van der Waals surface area contributed by atoms with Crippen molar-refractivity contribution in [1.29, 1.82) is 0 Å². The van der Waals surface area contributed by atoms with Crippen LogP contribution in [0.2, 0.25) is 0 Å². The summed E-state index contributed by atoms with van der Waals surface area (Å²) in [5.41, 5.74) is 0.923. The second kappa shape index (κ2) is 10.9. The molecule has 0 radical (unpaired) electrons. The van der Waals surface area contributed by atoms with Gasteiger partial charge in [-0.1, -0.05) is 45.4 Å². The Morgan fingerprint density at radius 2 is 1.63 bits per heavy atom. The van der Waals surface area contributed by atoms with Gasteiger partial charge in [-0.3, -0.25) is 10.1 Å². The van der Waals surface area contributed by atoms with E-state index in [1.165, 1.54) is 63.5 Å². The van der Waals surface area contributed by atoms with Gasteiger partial charge in [-0.25, -0.2) is 4.79 Å². The van der Waals surface area contributed by atoms with E-state index in [1.807, 2.05) is 0 Å². The number of nitro groups is 1. The molecular weight excluding hydrogens is 378 g/mol. The van der Waals surface area contributed by atoms with Crippen LogP contribution in [0.4, 0.5) is 5.69 Å². The predicted molar refractivity (Wildman–Crippen MR) is 119 cm³/mol. The first kappa shape index (κ1) is 22.8. The van der Waals surface area contributed by atoms with Crippen LogP contribution in [0.15, 0.2) is 18.2 Å². The largest absolute Gasteiger partial charge is 0.459 e. The minimum absolute atomic E-state index is 0.0568. The van der Waals surface area contributed by atoms with Crippen molar-refractivity contribution in [3.8, 4) is 0 Å². The summed E-state index contributed by atoms with van der Waals surface area (Å²) in [6, 6.07) is 4.46. The fourth-order valence-electron chi connectivity index (χ4n) is 5.51. The van der Waals surface area contributed by atoms with Gasteiger partial charge in [-0.2, -0.15) is 0 Å². The predicted octanol–water partition coefficient (Wildman–Crippen LogP) is 7.01. The van der Waals surface area contributed by atoms with Crippen molar-refractivity contribution in [2.24, 2.45) is 17.8 Å². The fraction of sp³-hybridized carbons (Fsp3) is 0.720. The molecule has 3 rings (SSSR count). The van der Waals surface area contributed by atoms with Crippen LogP contribution in [0, 0.1) is 34.8 Å². The number of unbranched alkanes of at least 4 members (excludes halogenated alkanes) is 2. The number of carbonyl (C=O) groups is 1. The molecule has 1 aromatic carbocycles. The highest BCUT2D eigenvalue weighted by molar-refractivity contribution is 5.90. The lowest BCUT2D eigenvalue weighted by atomic mass is 9.70. The van der Waals surface area contributed by atoms with E-state index in [0.717, 1.165) is 43.4 Å². The number of ether oxygens (including phenoxy) is 1. The summed E-state index contributed by atoms with van der Waals surface area (Å²) in [4.78, 5) is 23.1. The lowest BCUT2D eigenvalue weighted by molar-refractivity contribution is -0.384. The molecule has 0 unspecified atom stereocenters. The molecule has 2 fully saturated rings. The maximum atomic E-state index is 12.5. The number of hydrogen-bond acceptors (Lipinski definition) is 4. The molecule has 0 spiro atoms. The van der Waals surface area contributed by atoms with Gasteiger partial charge >= 0.3 is 5.97 Å². The van der Waals surface area contributed by atoms with Gasteiger partial charge < -0.3 is 4.74 Å². The molecule has 0 bridgehead atoms. The summed E-state index contributed by atoms with van der Waals surface area (Å²) < 4.78 is 5.71. The van der Waals surface area contributed by atoms with Crippen molar-refractivity contribution in [3.05, 3.63) is 39.4 Å². The quantitative estimate of drug-likeness (QED) is 0.198. The first-order chi connectivity index (χ1) is 14.5. The molecule has 1 aromatic rings. The summed E-state index contributed by atoms with van der Waals surface area (Å²) >= 11 is 0. The van der Waals surface area contributed by atoms with Crippen LogP contribution in [-0.2, 0) is 4.74 Å². The molecule has 30 heavy (non-hydrogen) atoms. The molecule has 0 aliphatic heterocycles. The molecule has 5 nitrogen and oxygen atoms in total. The third-order valence-electron chi connectivity index (χ3n) is 7.28. The third kappa shape index (κ3) is 6.29. The van der Waals surface area contributed by atoms with Crippen LogP contribution in [0.5, 0.6) is 0 Å². The number of aryl methyl sites for hydroxylation is 1. The van der Waals surface area contributed by atoms with Crippen molar-refractivity contribution >= 4 is 11.7 Å². The van der Waals surface area contributed by atoms with Gasteiger partial charge in [0.25, 0.3) is 5.69 Å². The molecule has 2 aliphatic rings. The van der Waals surface area contributed by atoms with Gasteiger partial charge in [-0.05, 0) is 74.8 Å². The topological polar surface area (TPSA) is 69.4 Å². The highest BCUT2D eigenvalue weighted by Gasteiger charge is 2.32. The lowest BCUT2D eigenvalue weighted by Crippen LogP contribution is -2.29. The monoisotopic (exact) mass is 415 g/mol. The Hall–Kier alpha value is -1.91. The zero-order chi connectivity index (χ0) is 21.5. The Morgan fingerprint density at radius 3 is 2.23 bits per heavy atom. The molecular formula is C25H37NO4. The van der Waals surface area contributed by atoms with Crippen LogP contribution in [0.1, 0.15) is 99.9 Å². The molecule has 2 saturated carbocycles. The van der Waals surface area contributed by atoms with E-state index in [0.29, 0.717) is 5.56 Å².